The van der Waals surface area contributed by atoms with Gasteiger partial charge in [-0.05, 0) is 24.6 Å². The molecular weight excluding hydrogens is 354 g/mol. The van der Waals surface area contributed by atoms with E-state index < -0.39 is 22.1 Å². The Morgan fingerprint density at radius 3 is 2.42 bits per heavy atom. The number of nitrogens with zero attached hydrogens (tertiary/aromatic N) is 1. The molecule has 1 unspecified atom stereocenters. The summed E-state index contributed by atoms with van der Waals surface area (Å²) in [6.45, 7) is 2.31. The van der Waals surface area contributed by atoms with Crippen LogP contribution in [-0.4, -0.2) is 38.3 Å². The van der Waals surface area contributed by atoms with Crippen LogP contribution in [-0.2, 0) is 14.8 Å². The number of sulfonamides is 1. The molecule has 1 aliphatic rings. The van der Waals surface area contributed by atoms with Gasteiger partial charge in [0.15, 0.2) is 0 Å². The summed E-state index contributed by atoms with van der Waals surface area (Å²) in [5.74, 6) is -0.342. The molecular formula is C18H19N3O4S. The van der Waals surface area contributed by atoms with E-state index in [4.69, 9.17) is 0 Å². The number of carbonyl (C=O) groups is 2. The normalized spacial score (nSPS) is 17.5. The van der Waals surface area contributed by atoms with Crippen molar-refractivity contribution in [3.05, 3.63) is 65.7 Å². The monoisotopic (exact) mass is 373 g/mol. The average molecular weight is 373 g/mol. The molecule has 2 aromatic rings. The van der Waals surface area contributed by atoms with Crippen LogP contribution in [0.3, 0.4) is 0 Å². The number of aryl methyl sites for hydroxylation is 1. The van der Waals surface area contributed by atoms with Gasteiger partial charge >= 0.3 is 6.03 Å². The van der Waals surface area contributed by atoms with Gasteiger partial charge < -0.3 is 10.2 Å². The van der Waals surface area contributed by atoms with Crippen LogP contribution in [0, 0.1) is 6.92 Å². The zero-order valence-corrected chi connectivity index (χ0v) is 15.0. The first kappa shape index (κ1) is 17.9. The Hall–Kier alpha value is -2.87. The fourth-order valence-electron chi connectivity index (χ4n) is 2.80. The molecule has 0 saturated carbocycles. The van der Waals surface area contributed by atoms with Crippen LogP contribution >= 0.6 is 0 Å². The largest absolute Gasteiger partial charge is 0.352 e. The summed E-state index contributed by atoms with van der Waals surface area (Å²) in [4.78, 5) is 26.2. The maximum Gasteiger partial charge on any atom is 0.332 e. The van der Waals surface area contributed by atoms with Gasteiger partial charge in [0.1, 0.15) is 6.04 Å². The van der Waals surface area contributed by atoms with E-state index in [0.29, 0.717) is 5.56 Å². The zero-order valence-electron chi connectivity index (χ0n) is 14.2. The van der Waals surface area contributed by atoms with E-state index in [0.717, 1.165) is 5.56 Å². The van der Waals surface area contributed by atoms with Crippen LogP contribution < -0.4 is 10.0 Å². The molecule has 1 heterocycles. The number of piperazine rings is 1. The maximum absolute atomic E-state index is 12.6. The number of benzene rings is 2. The summed E-state index contributed by atoms with van der Waals surface area (Å²) in [6, 6.07) is 13.2. The van der Waals surface area contributed by atoms with Crippen molar-refractivity contribution in [2.45, 2.75) is 17.9 Å². The molecule has 2 N–H and O–H groups in total. The minimum atomic E-state index is -4.02. The lowest BCUT2D eigenvalue weighted by Gasteiger charge is -2.35. The lowest BCUT2D eigenvalue weighted by atomic mass is 10.0. The molecule has 8 heteroatoms. The molecule has 3 rings (SSSR count). The minimum Gasteiger partial charge on any atom is -0.352 e. The first-order valence-corrected chi connectivity index (χ1v) is 9.59. The van der Waals surface area contributed by atoms with Crippen LogP contribution in [0.15, 0.2) is 59.5 Å². The van der Waals surface area contributed by atoms with E-state index in [1.165, 1.54) is 17.0 Å². The molecule has 0 bridgehead atoms. The molecule has 136 valence electrons. The number of hydrogen-bond donors (Lipinski definition) is 2. The second-order valence-corrected chi connectivity index (χ2v) is 7.70. The number of nitrogens with one attached hydrogen (secondary N) is 2. The smallest absolute Gasteiger partial charge is 0.332 e. The van der Waals surface area contributed by atoms with Crippen LogP contribution in [0.25, 0.3) is 0 Å². The lowest BCUT2D eigenvalue weighted by Crippen LogP contribution is -2.55. The van der Waals surface area contributed by atoms with E-state index >= 15 is 0 Å². The van der Waals surface area contributed by atoms with E-state index in [2.05, 4.69) is 10.0 Å². The predicted molar refractivity (Wildman–Crippen MR) is 95.8 cm³/mol. The van der Waals surface area contributed by atoms with Gasteiger partial charge in [-0.1, -0.05) is 48.0 Å². The number of carbonyl (C=O) groups excluding carboxylic acids is 2. The topological polar surface area (TPSA) is 95.6 Å². The van der Waals surface area contributed by atoms with Crippen molar-refractivity contribution >= 4 is 22.0 Å². The number of hydrogen-bond acceptors (Lipinski definition) is 4. The molecule has 0 radical (unpaired) electrons. The maximum atomic E-state index is 12.6. The van der Waals surface area contributed by atoms with Crippen LogP contribution in [0.2, 0.25) is 0 Å². The SMILES string of the molecule is Cc1ccc(S(=O)(=O)NC(=O)N2CCNC(=O)C2c2ccccc2)cc1. The summed E-state index contributed by atoms with van der Waals surface area (Å²) in [5, 5.41) is 2.71. The van der Waals surface area contributed by atoms with Gasteiger partial charge in [0.05, 0.1) is 4.90 Å². The number of urea groups is 1. The molecule has 0 aliphatic carbocycles. The van der Waals surface area contributed by atoms with Crippen molar-refractivity contribution in [2.24, 2.45) is 0 Å². The van der Waals surface area contributed by atoms with Crippen molar-refractivity contribution in [3.63, 3.8) is 0 Å². The van der Waals surface area contributed by atoms with Gasteiger partial charge in [-0.25, -0.2) is 17.9 Å². The Labute approximate surface area is 152 Å². The fraction of sp³-hybridized carbons (Fsp3) is 0.222. The molecule has 1 atom stereocenters. The van der Waals surface area contributed by atoms with Gasteiger partial charge in [-0.3, -0.25) is 4.79 Å². The molecule has 26 heavy (non-hydrogen) atoms. The predicted octanol–water partition coefficient (Wildman–Crippen LogP) is 1.57. The van der Waals surface area contributed by atoms with Gasteiger partial charge in [0.25, 0.3) is 10.0 Å². The molecule has 2 aromatic carbocycles. The Kier molecular flexibility index (Phi) is 4.94. The fourth-order valence-corrected chi connectivity index (χ4v) is 3.76. The molecule has 7 nitrogen and oxygen atoms in total. The lowest BCUT2D eigenvalue weighted by molar-refractivity contribution is -0.127. The second kappa shape index (κ2) is 7.17. The highest BCUT2D eigenvalue weighted by molar-refractivity contribution is 7.90. The van der Waals surface area contributed by atoms with E-state index in [-0.39, 0.29) is 23.9 Å². The van der Waals surface area contributed by atoms with Crippen molar-refractivity contribution in [2.75, 3.05) is 13.1 Å². The van der Waals surface area contributed by atoms with Crippen molar-refractivity contribution in [3.8, 4) is 0 Å². The highest BCUT2D eigenvalue weighted by atomic mass is 32.2. The third kappa shape index (κ3) is 3.70. The minimum absolute atomic E-state index is 0.00540. The Bertz CT molecular complexity index is 911. The highest BCUT2D eigenvalue weighted by Crippen LogP contribution is 2.23. The third-order valence-electron chi connectivity index (χ3n) is 4.14. The second-order valence-electron chi connectivity index (χ2n) is 6.02. The summed E-state index contributed by atoms with van der Waals surface area (Å²) >= 11 is 0. The Morgan fingerprint density at radius 2 is 1.77 bits per heavy atom. The quantitative estimate of drug-likeness (QED) is 0.854. The molecule has 1 fully saturated rings. The Balaban J connectivity index is 1.85. The highest BCUT2D eigenvalue weighted by Gasteiger charge is 2.35. The van der Waals surface area contributed by atoms with E-state index in [1.807, 2.05) is 6.92 Å². The van der Waals surface area contributed by atoms with E-state index in [9.17, 15) is 18.0 Å². The van der Waals surface area contributed by atoms with Gasteiger partial charge in [-0.15, -0.1) is 0 Å². The van der Waals surface area contributed by atoms with Crippen LogP contribution in [0.1, 0.15) is 17.2 Å². The summed E-state index contributed by atoms with van der Waals surface area (Å²) in [5.41, 5.74) is 1.53. The van der Waals surface area contributed by atoms with Gasteiger partial charge in [0.2, 0.25) is 5.91 Å². The molecule has 0 aromatic heterocycles. The first-order valence-electron chi connectivity index (χ1n) is 8.11. The zero-order chi connectivity index (χ0) is 18.7. The number of rotatable bonds is 3. The van der Waals surface area contributed by atoms with Crippen molar-refractivity contribution < 1.29 is 18.0 Å². The summed E-state index contributed by atoms with van der Waals surface area (Å²) in [6.07, 6.45) is 0. The van der Waals surface area contributed by atoms with E-state index in [1.54, 1.807) is 42.5 Å². The van der Waals surface area contributed by atoms with Crippen molar-refractivity contribution in [1.82, 2.24) is 14.9 Å². The summed E-state index contributed by atoms with van der Waals surface area (Å²) in [7, 11) is -4.02. The Morgan fingerprint density at radius 1 is 1.12 bits per heavy atom. The number of amides is 3. The molecule has 3 amide bonds. The molecule has 0 spiro atoms. The van der Waals surface area contributed by atoms with Gasteiger partial charge in [-0.2, -0.15) is 0 Å². The first-order chi connectivity index (χ1) is 12.4. The standard InChI is InChI=1S/C18H19N3O4S/c1-13-7-9-15(10-8-13)26(24,25)20-18(23)21-12-11-19-17(22)16(21)14-5-3-2-4-6-14/h2-10,16H,11-12H2,1H3,(H,19,22)(H,20,23). The van der Waals surface area contributed by atoms with Crippen molar-refractivity contribution in [1.29, 1.82) is 0 Å². The molecule has 1 aliphatic heterocycles. The van der Waals surface area contributed by atoms with Gasteiger partial charge in [0, 0.05) is 13.1 Å². The third-order valence-corrected chi connectivity index (χ3v) is 5.48. The summed E-state index contributed by atoms with van der Waals surface area (Å²) < 4.78 is 27.0. The van der Waals surface area contributed by atoms with Crippen LogP contribution in [0.4, 0.5) is 4.79 Å². The average Bonchev–Trinajstić information content (AvgIpc) is 2.62. The molecule has 1 saturated heterocycles. The van der Waals surface area contributed by atoms with Crippen LogP contribution in [0.5, 0.6) is 0 Å².